The minimum atomic E-state index is 0.358. The summed E-state index contributed by atoms with van der Waals surface area (Å²) in [4.78, 5) is 4.47. The third kappa shape index (κ3) is 4.66. The van der Waals surface area contributed by atoms with E-state index in [0.29, 0.717) is 19.0 Å². The van der Waals surface area contributed by atoms with E-state index >= 15 is 0 Å². The van der Waals surface area contributed by atoms with Gasteiger partial charge in [-0.15, -0.1) is 0 Å². The molecule has 0 spiro atoms. The van der Waals surface area contributed by atoms with Gasteiger partial charge in [-0.05, 0) is 25.0 Å². The molecule has 2 N–H and O–H groups in total. The van der Waals surface area contributed by atoms with Crippen LogP contribution in [0.2, 0.25) is 0 Å². The Morgan fingerprint density at radius 1 is 1.33 bits per heavy atom. The Bertz CT molecular complexity index is 558. The van der Waals surface area contributed by atoms with E-state index in [-0.39, 0.29) is 0 Å². The quantitative estimate of drug-likeness (QED) is 0.632. The first kappa shape index (κ1) is 15.2. The lowest BCUT2D eigenvalue weighted by atomic mass is 10.1. The van der Waals surface area contributed by atoms with Crippen LogP contribution in [-0.2, 0) is 13.1 Å². The van der Waals surface area contributed by atoms with Crippen LogP contribution in [-0.4, -0.2) is 17.7 Å². The van der Waals surface area contributed by atoms with Crippen molar-refractivity contribution in [1.82, 2.24) is 15.8 Å². The number of hydrogen-bond donors (Lipinski definition) is 2. The molecule has 0 saturated heterocycles. The minimum Gasteiger partial charge on any atom is -0.467 e. The van der Waals surface area contributed by atoms with Gasteiger partial charge < -0.3 is 19.6 Å². The van der Waals surface area contributed by atoms with Crippen molar-refractivity contribution in [2.24, 2.45) is 4.99 Å². The van der Waals surface area contributed by atoms with Crippen LogP contribution in [0.25, 0.3) is 0 Å². The highest BCUT2D eigenvalue weighted by Gasteiger charge is 2.07. The van der Waals surface area contributed by atoms with Gasteiger partial charge >= 0.3 is 0 Å². The molecule has 2 heterocycles. The highest BCUT2D eigenvalue weighted by atomic mass is 16.5. The van der Waals surface area contributed by atoms with Crippen LogP contribution in [0, 0.1) is 0 Å². The average Bonchev–Trinajstić information content (AvgIpc) is 3.13. The lowest BCUT2D eigenvalue weighted by molar-refractivity contribution is 0.376. The van der Waals surface area contributed by atoms with Crippen molar-refractivity contribution in [3.05, 3.63) is 41.7 Å². The Hall–Kier alpha value is -2.24. The molecule has 0 aliphatic heterocycles. The van der Waals surface area contributed by atoms with E-state index in [4.69, 9.17) is 8.94 Å². The highest BCUT2D eigenvalue weighted by Crippen LogP contribution is 2.14. The fraction of sp³-hybridized carbons (Fsp3) is 0.467. The van der Waals surface area contributed by atoms with E-state index < -0.39 is 0 Å². The summed E-state index contributed by atoms with van der Waals surface area (Å²) in [6.45, 7) is 8.02. The molecule has 6 nitrogen and oxygen atoms in total. The van der Waals surface area contributed by atoms with Crippen molar-refractivity contribution in [2.75, 3.05) is 6.54 Å². The van der Waals surface area contributed by atoms with Gasteiger partial charge in [0.05, 0.1) is 18.5 Å². The number of nitrogens with zero attached hydrogens (tertiary/aromatic N) is 2. The Morgan fingerprint density at radius 3 is 2.81 bits per heavy atom. The maximum Gasteiger partial charge on any atom is 0.192 e. The summed E-state index contributed by atoms with van der Waals surface area (Å²) >= 11 is 0. The Balaban J connectivity index is 1.92. The van der Waals surface area contributed by atoms with Gasteiger partial charge in [-0.25, -0.2) is 4.99 Å². The first-order valence-corrected chi connectivity index (χ1v) is 7.19. The van der Waals surface area contributed by atoms with Gasteiger partial charge in [0.1, 0.15) is 12.3 Å². The summed E-state index contributed by atoms with van der Waals surface area (Å²) in [6.07, 6.45) is 1.66. The Morgan fingerprint density at radius 2 is 2.19 bits per heavy atom. The fourth-order valence-corrected chi connectivity index (χ4v) is 1.76. The normalized spacial score (nSPS) is 11.9. The minimum absolute atomic E-state index is 0.358. The van der Waals surface area contributed by atoms with Gasteiger partial charge in [0, 0.05) is 12.6 Å². The monoisotopic (exact) mass is 290 g/mol. The maximum atomic E-state index is 5.28. The number of rotatable bonds is 6. The highest BCUT2D eigenvalue weighted by molar-refractivity contribution is 5.79. The molecule has 0 amide bonds. The van der Waals surface area contributed by atoms with E-state index in [9.17, 15) is 0 Å². The van der Waals surface area contributed by atoms with Crippen LogP contribution >= 0.6 is 0 Å². The summed E-state index contributed by atoms with van der Waals surface area (Å²) in [5, 5.41) is 10.4. The molecule has 21 heavy (non-hydrogen) atoms. The number of aliphatic imine (C=N–C) groups is 1. The molecular formula is C15H22N4O2. The third-order valence-corrected chi connectivity index (χ3v) is 2.92. The smallest absolute Gasteiger partial charge is 0.192 e. The summed E-state index contributed by atoms with van der Waals surface area (Å²) in [5.41, 5.74) is 0.953. The zero-order chi connectivity index (χ0) is 15.1. The molecule has 114 valence electrons. The lowest BCUT2D eigenvalue weighted by Gasteiger charge is -2.09. The summed E-state index contributed by atoms with van der Waals surface area (Å²) in [5.74, 6) is 2.70. The largest absolute Gasteiger partial charge is 0.467 e. The number of furan rings is 1. The van der Waals surface area contributed by atoms with Crippen LogP contribution in [0.5, 0.6) is 0 Å². The fourth-order valence-electron chi connectivity index (χ4n) is 1.76. The molecule has 0 aromatic carbocycles. The molecule has 2 aromatic rings. The molecule has 0 saturated carbocycles. The standard InChI is InChI=1S/C15H22N4O2/c1-4-16-15(17-9-12-6-5-7-20-12)18-10-13-8-14(11(2)3)19-21-13/h5-8,11H,4,9-10H2,1-3H3,(H2,16,17,18). The predicted octanol–water partition coefficient (Wildman–Crippen LogP) is 2.65. The lowest BCUT2D eigenvalue weighted by Crippen LogP contribution is -2.36. The topological polar surface area (TPSA) is 75.6 Å². The second-order valence-electron chi connectivity index (χ2n) is 5.00. The molecule has 0 fully saturated rings. The van der Waals surface area contributed by atoms with Gasteiger partial charge in [-0.2, -0.15) is 0 Å². The first-order valence-electron chi connectivity index (χ1n) is 7.19. The zero-order valence-electron chi connectivity index (χ0n) is 12.7. The van der Waals surface area contributed by atoms with Gasteiger partial charge in [-0.1, -0.05) is 19.0 Å². The third-order valence-electron chi connectivity index (χ3n) is 2.92. The van der Waals surface area contributed by atoms with Crippen molar-refractivity contribution in [1.29, 1.82) is 0 Å². The van der Waals surface area contributed by atoms with Gasteiger partial charge in [-0.3, -0.25) is 0 Å². The van der Waals surface area contributed by atoms with Crippen molar-refractivity contribution in [3.8, 4) is 0 Å². The van der Waals surface area contributed by atoms with Crippen molar-refractivity contribution in [2.45, 2.75) is 39.8 Å². The summed E-state index contributed by atoms with van der Waals surface area (Å²) in [7, 11) is 0. The number of nitrogens with one attached hydrogen (secondary N) is 2. The number of guanidine groups is 1. The SMILES string of the molecule is CCNC(=NCc1cc(C(C)C)no1)NCc1ccco1. The van der Waals surface area contributed by atoms with Gasteiger partial charge in [0.2, 0.25) is 0 Å². The zero-order valence-corrected chi connectivity index (χ0v) is 12.7. The Kier molecular flexibility index (Phi) is 5.43. The second-order valence-corrected chi connectivity index (χ2v) is 5.00. The molecule has 0 atom stereocenters. The van der Waals surface area contributed by atoms with Gasteiger partial charge in [0.15, 0.2) is 11.7 Å². The van der Waals surface area contributed by atoms with Crippen molar-refractivity contribution < 1.29 is 8.94 Å². The molecule has 2 aromatic heterocycles. The number of hydrogen-bond acceptors (Lipinski definition) is 4. The summed E-state index contributed by atoms with van der Waals surface area (Å²) in [6, 6.07) is 5.73. The van der Waals surface area contributed by atoms with Crippen LogP contribution in [0.4, 0.5) is 0 Å². The van der Waals surface area contributed by atoms with Crippen molar-refractivity contribution >= 4 is 5.96 Å². The van der Waals surface area contributed by atoms with Gasteiger partial charge in [0.25, 0.3) is 0 Å². The van der Waals surface area contributed by atoms with Crippen LogP contribution in [0.15, 0.2) is 38.4 Å². The molecule has 0 bridgehead atoms. The molecule has 0 aliphatic carbocycles. The molecule has 6 heteroatoms. The number of aromatic nitrogens is 1. The predicted molar refractivity (Wildman–Crippen MR) is 81.0 cm³/mol. The molecular weight excluding hydrogens is 268 g/mol. The van der Waals surface area contributed by atoms with E-state index in [0.717, 1.165) is 29.7 Å². The van der Waals surface area contributed by atoms with Crippen LogP contribution in [0.3, 0.4) is 0 Å². The van der Waals surface area contributed by atoms with E-state index in [1.54, 1.807) is 6.26 Å². The van der Waals surface area contributed by atoms with Crippen LogP contribution < -0.4 is 10.6 Å². The average molecular weight is 290 g/mol. The first-order chi connectivity index (χ1) is 10.2. The van der Waals surface area contributed by atoms with Crippen LogP contribution in [0.1, 0.15) is 43.9 Å². The van der Waals surface area contributed by atoms with E-state index in [1.807, 2.05) is 25.1 Å². The molecule has 0 radical (unpaired) electrons. The van der Waals surface area contributed by atoms with E-state index in [1.165, 1.54) is 0 Å². The molecule has 2 rings (SSSR count). The van der Waals surface area contributed by atoms with E-state index in [2.05, 4.69) is 34.6 Å². The van der Waals surface area contributed by atoms with Crippen molar-refractivity contribution in [3.63, 3.8) is 0 Å². The Labute approximate surface area is 124 Å². The molecule has 0 unspecified atom stereocenters. The maximum absolute atomic E-state index is 5.28. The molecule has 0 aliphatic rings. The summed E-state index contributed by atoms with van der Waals surface area (Å²) < 4.78 is 10.6. The second kappa shape index (κ2) is 7.52.